The lowest BCUT2D eigenvalue weighted by atomic mass is 9.84. The highest BCUT2D eigenvalue weighted by Crippen LogP contribution is 2.22. The normalized spacial score (nSPS) is 13.0. The van der Waals surface area contributed by atoms with Crippen LogP contribution in [-0.4, -0.2) is 35.1 Å². The van der Waals surface area contributed by atoms with Crippen LogP contribution in [0.5, 0.6) is 0 Å². The molecule has 240 valence electrons. The molecule has 0 rings (SSSR count). The van der Waals surface area contributed by atoms with Crippen LogP contribution >= 0.6 is 0 Å². The summed E-state index contributed by atoms with van der Waals surface area (Å²) in [6, 6.07) is 0. The molecule has 2 unspecified atom stereocenters. The van der Waals surface area contributed by atoms with E-state index in [9.17, 15) is 19.2 Å². The van der Waals surface area contributed by atoms with E-state index in [1.165, 1.54) is 64.2 Å². The van der Waals surface area contributed by atoms with Crippen LogP contribution in [0.15, 0.2) is 0 Å². The number of rotatable bonds is 29. The molecule has 0 aromatic heterocycles. The average Bonchev–Trinajstić information content (AvgIpc) is 2.91. The number of hydrogen-bond donors (Lipinski definition) is 2. The van der Waals surface area contributed by atoms with E-state index in [1.54, 1.807) is 0 Å². The van der Waals surface area contributed by atoms with Crippen molar-refractivity contribution in [3.8, 4) is 0 Å². The molecule has 0 aliphatic heterocycles. The van der Waals surface area contributed by atoms with Crippen molar-refractivity contribution in [3.63, 3.8) is 0 Å². The lowest BCUT2D eigenvalue weighted by Crippen LogP contribution is -2.33. The Bertz CT molecular complexity index is 703. The van der Waals surface area contributed by atoms with Crippen molar-refractivity contribution in [2.24, 2.45) is 23.7 Å². The largest absolute Gasteiger partial charge is 0.481 e. The summed E-state index contributed by atoms with van der Waals surface area (Å²) in [6.07, 6.45) is 20.3. The van der Waals surface area contributed by atoms with Gasteiger partial charge in [0, 0.05) is 43.6 Å². The Balaban J connectivity index is 4.25. The van der Waals surface area contributed by atoms with Crippen molar-refractivity contribution in [1.29, 1.82) is 0 Å². The van der Waals surface area contributed by atoms with Crippen LogP contribution < -0.4 is 5.32 Å². The standard InChI is InChI=1S/C35H65NO5/c1-6-7-8-9-10-11-12-13-14-15-16-17-18-22-32(37)27-31(23-24-33(38)39)35(41)36-25-20-19-21-30(26-28(2)3)34(40)29(4)5/h28-31H,6-27H2,1-5H3,(H,36,41)(H,38,39). The first kappa shape index (κ1) is 39.3. The van der Waals surface area contributed by atoms with Crippen molar-refractivity contribution < 1.29 is 24.3 Å². The third kappa shape index (κ3) is 23.5. The maximum Gasteiger partial charge on any atom is 0.303 e. The van der Waals surface area contributed by atoms with Gasteiger partial charge in [-0.05, 0) is 38.0 Å². The Labute approximate surface area is 252 Å². The molecule has 0 aliphatic rings. The Morgan fingerprint density at radius 1 is 0.634 bits per heavy atom. The number of Topliss-reactive ketones (excluding diaryl/α,β-unsaturated/α-hetero) is 2. The van der Waals surface area contributed by atoms with Gasteiger partial charge < -0.3 is 10.4 Å². The zero-order valence-corrected chi connectivity index (χ0v) is 27.4. The predicted molar refractivity (Wildman–Crippen MR) is 170 cm³/mol. The molecule has 0 fully saturated rings. The van der Waals surface area contributed by atoms with Gasteiger partial charge in [-0.2, -0.15) is 0 Å². The molecule has 0 aromatic rings. The summed E-state index contributed by atoms with van der Waals surface area (Å²) in [5.74, 6) is -0.811. The van der Waals surface area contributed by atoms with Gasteiger partial charge in [0.25, 0.3) is 0 Å². The first-order valence-corrected chi connectivity index (χ1v) is 17.1. The first-order valence-electron chi connectivity index (χ1n) is 17.1. The van der Waals surface area contributed by atoms with E-state index in [-0.39, 0.29) is 42.8 Å². The van der Waals surface area contributed by atoms with Gasteiger partial charge in [0.15, 0.2) is 0 Å². The first-order chi connectivity index (χ1) is 19.6. The Morgan fingerprint density at radius 3 is 1.66 bits per heavy atom. The molecule has 0 bridgehead atoms. The van der Waals surface area contributed by atoms with Crippen molar-refractivity contribution in [2.45, 2.75) is 169 Å². The predicted octanol–water partition coefficient (Wildman–Crippen LogP) is 9.08. The van der Waals surface area contributed by atoms with Crippen LogP contribution in [-0.2, 0) is 19.2 Å². The number of unbranched alkanes of at least 4 members (excludes halogenated alkanes) is 13. The number of ketones is 2. The van der Waals surface area contributed by atoms with E-state index >= 15 is 0 Å². The summed E-state index contributed by atoms with van der Waals surface area (Å²) in [6.45, 7) is 10.9. The van der Waals surface area contributed by atoms with Crippen molar-refractivity contribution >= 4 is 23.4 Å². The summed E-state index contributed by atoms with van der Waals surface area (Å²) in [4.78, 5) is 49.1. The molecule has 6 nitrogen and oxygen atoms in total. The van der Waals surface area contributed by atoms with Crippen LogP contribution in [0.2, 0.25) is 0 Å². The number of aliphatic carboxylic acids is 1. The second kappa shape index (κ2) is 25.9. The van der Waals surface area contributed by atoms with Crippen molar-refractivity contribution in [1.82, 2.24) is 5.32 Å². The molecule has 0 aliphatic carbocycles. The fraction of sp³-hybridized carbons (Fsp3) is 0.886. The summed E-state index contributed by atoms with van der Waals surface area (Å²) in [7, 11) is 0. The highest BCUT2D eigenvalue weighted by Gasteiger charge is 2.23. The van der Waals surface area contributed by atoms with E-state index in [0.717, 1.165) is 44.9 Å². The number of hydrogen-bond acceptors (Lipinski definition) is 4. The minimum Gasteiger partial charge on any atom is -0.481 e. The van der Waals surface area contributed by atoms with E-state index in [4.69, 9.17) is 5.11 Å². The third-order valence-electron chi connectivity index (χ3n) is 8.12. The number of amides is 1. The van der Waals surface area contributed by atoms with Gasteiger partial charge in [-0.25, -0.2) is 0 Å². The molecular formula is C35H65NO5. The van der Waals surface area contributed by atoms with Crippen molar-refractivity contribution in [3.05, 3.63) is 0 Å². The quantitative estimate of drug-likeness (QED) is 0.0861. The Morgan fingerprint density at radius 2 is 1.17 bits per heavy atom. The molecule has 6 heteroatoms. The number of carboxylic acids is 1. The number of carbonyl (C=O) groups excluding carboxylic acids is 3. The maximum atomic E-state index is 12.8. The second-order valence-electron chi connectivity index (χ2n) is 13.0. The lowest BCUT2D eigenvalue weighted by Gasteiger charge is -2.20. The van der Waals surface area contributed by atoms with Gasteiger partial charge in [0.05, 0.1) is 0 Å². The monoisotopic (exact) mass is 579 g/mol. The van der Waals surface area contributed by atoms with Crippen LogP contribution in [0.4, 0.5) is 0 Å². The summed E-state index contributed by atoms with van der Waals surface area (Å²) >= 11 is 0. The summed E-state index contributed by atoms with van der Waals surface area (Å²) < 4.78 is 0. The fourth-order valence-electron chi connectivity index (χ4n) is 5.63. The maximum absolute atomic E-state index is 12.8. The second-order valence-corrected chi connectivity index (χ2v) is 13.0. The SMILES string of the molecule is CCCCCCCCCCCCCCCC(=O)CC(CCC(=O)O)C(=O)NCCCCC(CC(C)C)C(=O)C(C)C. The number of carboxylic acid groups (broad SMARTS) is 1. The van der Waals surface area contributed by atoms with Gasteiger partial charge in [-0.1, -0.05) is 118 Å². The smallest absolute Gasteiger partial charge is 0.303 e. The van der Waals surface area contributed by atoms with Crippen LogP contribution in [0.3, 0.4) is 0 Å². The van der Waals surface area contributed by atoms with E-state index in [2.05, 4.69) is 26.1 Å². The molecule has 0 saturated heterocycles. The zero-order chi connectivity index (χ0) is 30.9. The molecule has 1 amide bonds. The zero-order valence-electron chi connectivity index (χ0n) is 27.4. The van der Waals surface area contributed by atoms with Crippen molar-refractivity contribution in [2.75, 3.05) is 6.54 Å². The molecule has 0 saturated carbocycles. The third-order valence-corrected chi connectivity index (χ3v) is 8.12. The van der Waals surface area contributed by atoms with E-state index in [1.807, 2.05) is 13.8 Å². The van der Waals surface area contributed by atoms with Gasteiger partial charge >= 0.3 is 5.97 Å². The summed E-state index contributed by atoms with van der Waals surface area (Å²) in [5, 5.41) is 12.0. The Hall–Kier alpha value is -1.72. The van der Waals surface area contributed by atoms with Gasteiger partial charge in [0.2, 0.25) is 5.91 Å². The highest BCUT2D eigenvalue weighted by molar-refractivity contribution is 5.87. The van der Waals surface area contributed by atoms with Gasteiger partial charge in [-0.3, -0.25) is 19.2 Å². The van der Waals surface area contributed by atoms with Gasteiger partial charge in [0.1, 0.15) is 11.6 Å². The molecule has 41 heavy (non-hydrogen) atoms. The van der Waals surface area contributed by atoms with E-state index < -0.39 is 11.9 Å². The topological polar surface area (TPSA) is 101 Å². The summed E-state index contributed by atoms with van der Waals surface area (Å²) in [5.41, 5.74) is 0. The highest BCUT2D eigenvalue weighted by atomic mass is 16.4. The van der Waals surface area contributed by atoms with Crippen LogP contribution in [0, 0.1) is 23.7 Å². The Kier molecular flexibility index (Phi) is 24.9. The molecule has 0 radical (unpaired) electrons. The van der Waals surface area contributed by atoms with E-state index in [0.29, 0.717) is 24.7 Å². The van der Waals surface area contributed by atoms with Gasteiger partial charge in [-0.15, -0.1) is 0 Å². The van der Waals surface area contributed by atoms with Crippen LogP contribution in [0.25, 0.3) is 0 Å². The number of nitrogens with one attached hydrogen (secondary N) is 1. The minimum atomic E-state index is -0.947. The molecule has 2 N–H and O–H groups in total. The lowest BCUT2D eigenvalue weighted by molar-refractivity contribution is -0.138. The fourth-order valence-corrected chi connectivity index (χ4v) is 5.63. The average molecular weight is 580 g/mol. The molecule has 0 aromatic carbocycles. The minimum absolute atomic E-state index is 0.0331. The molecular weight excluding hydrogens is 514 g/mol. The molecule has 2 atom stereocenters. The molecule has 0 spiro atoms. The van der Waals surface area contributed by atoms with Crippen LogP contribution in [0.1, 0.15) is 169 Å². The number of carbonyl (C=O) groups is 4. The molecule has 0 heterocycles.